The molecule has 1 heterocycles. The molecule has 0 bridgehead atoms. The van der Waals surface area contributed by atoms with Crippen LogP contribution in [0.15, 0.2) is 41.3 Å². The molecule has 0 aliphatic carbocycles. The van der Waals surface area contributed by atoms with E-state index in [0.717, 1.165) is 0 Å². The molecule has 1 fully saturated rings. The lowest BCUT2D eigenvalue weighted by molar-refractivity contribution is -0.166. The number of rotatable bonds is 12. The van der Waals surface area contributed by atoms with Gasteiger partial charge in [-0.2, -0.15) is 0 Å². The maximum absolute atomic E-state index is 13.6. The second kappa shape index (κ2) is 15.1. The first kappa shape index (κ1) is 34.7. The Labute approximate surface area is 252 Å². The summed E-state index contributed by atoms with van der Waals surface area (Å²) in [6, 6.07) is 5.82. The molecule has 1 aliphatic heterocycles. The van der Waals surface area contributed by atoms with E-state index in [1.54, 1.807) is 91.1 Å². The van der Waals surface area contributed by atoms with Crippen molar-refractivity contribution in [2.45, 2.75) is 91.1 Å². The highest BCUT2D eigenvalue weighted by atomic mass is 32.2. The fourth-order valence-electron chi connectivity index (χ4n) is 4.13. The molecule has 232 valence electrons. The summed E-state index contributed by atoms with van der Waals surface area (Å²) in [7, 11) is 0. The molecule has 0 saturated carbocycles. The van der Waals surface area contributed by atoms with E-state index in [9.17, 15) is 24.0 Å². The van der Waals surface area contributed by atoms with E-state index >= 15 is 0 Å². The van der Waals surface area contributed by atoms with Crippen LogP contribution in [0, 0.1) is 0 Å². The van der Waals surface area contributed by atoms with Gasteiger partial charge in [0.2, 0.25) is 11.8 Å². The lowest BCUT2D eigenvalue weighted by atomic mass is 9.89. The Morgan fingerprint density at radius 2 is 1.62 bits per heavy atom. The van der Waals surface area contributed by atoms with E-state index in [0.29, 0.717) is 23.5 Å². The summed E-state index contributed by atoms with van der Waals surface area (Å²) in [4.78, 5) is 65.0. The molecule has 0 radical (unpaired) electrons. The minimum absolute atomic E-state index is 0.211. The number of β-lactam (4-membered cyclic amide) rings is 1. The molecule has 42 heavy (non-hydrogen) atoms. The van der Waals surface area contributed by atoms with Crippen LogP contribution in [-0.2, 0) is 33.4 Å². The minimum Gasteiger partial charge on any atom is -0.466 e. The number of nitrogens with zero attached hydrogens (tertiary/aromatic N) is 1. The number of amides is 3. The third-order valence-corrected chi connectivity index (χ3v) is 6.72. The molecule has 0 aromatic heterocycles. The van der Waals surface area contributed by atoms with Crippen molar-refractivity contribution in [2.24, 2.45) is 0 Å². The summed E-state index contributed by atoms with van der Waals surface area (Å²) in [5.41, 5.74) is -0.324. The first-order valence-corrected chi connectivity index (χ1v) is 14.9. The van der Waals surface area contributed by atoms with Gasteiger partial charge >= 0.3 is 18.0 Å². The Balaban J connectivity index is 2.26. The lowest BCUT2D eigenvalue weighted by Gasteiger charge is -2.47. The molecule has 2 rings (SSSR count). The third-order valence-electron chi connectivity index (χ3n) is 5.74. The zero-order valence-electron chi connectivity index (χ0n) is 25.6. The van der Waals surface area contributed by atoms with Crippen LogP contribution in [0.25, 0.3) is 0 Å². The fourth-order valence-corrected chi connectivity index (χ4v) is 4.94. The predicted octanol–water partition coefficient (Wildman–Crippen LogP) is 3.88. The molecule has 12 heteroatoms. The molecule has 3 unspecified atom stereocenters. The van der Waals surface area contributed by atoms with Gasteiger partial charge in [0.1, 0.15) is 29.8 Å². The van der Waals surface area contributed by atoms with Gasteiger partial charge in [-0.05, 0) is 71.9 Å². The number of benzene rings is 1. The van der Waals surface area contributed by atoms with Crippen molar-refractivity contribution < 1.29 is 38.2 Å². The summed E-state index contributed by atoms with van der Waals surface area (Å²) in [5.74, 6) is -1.52. The standard InChI is InChI=1S/C30H43N3O8S/c1-9-39-21(34)15-16-42-18-19(2)25-24(27(37)33(25)17-22(35)40-29(3,4)5)31-26(36)23(20-13-11-10-12-14-20)32-28(38)41-30(6,7)8/h10-14,18,23-25H,9,15-17H2,1-8H3,(H,31,36)(H,32,38). The van der Waals surface area contributed by atoms with Gasteiger partial charge in [0, 0.05) is 5.75 Å². The van der Waals surface area contributed by atoms with Gasteiger partial charge in [0.15, 0.2) is 0 Å². The fraction of sp³-hybridized carbons (Fsp3) is 0.567. The van der Waals surface area contributed by atoms with Crippen LogP contribution in [0.5, 0.6) is 0 Å². The van der Waals surface area contributed by atoms with E-state index in [-0.39, 0.29) is 18.9 Å². The molecular formula is C30H43N3O8S. The normalized spacial score (nSPS) is 18.0. The van der Waals surface area contributed by atoms with Crippen molar-refractivity contribution >= 4 is 41.6 Å². The summed E-state index contributed by atoms with van der Waals surface area (Å²) in [6.45, 7) is 13.8. The summed E-state index contributed by atoms with van der Waals surface area (Å²) < 4.78 is 15.7. The number of carbonyl (C=O) groups is 5. The molecule has 1 aromatic rings. The number of hydrogen-bond donors (Lipinski definition) is 2. The Bertz CT molecular complexity index is 1160. The number of hydrogen-bond acceptors (Lipinski definition) is 9. The van der Waals surface area contributed by atoms with Crippen LogP contribution in [0.3, 0.4) is 0 Å². The van der Waals surface area contributed by atoms with Crippen LogP contribution in [0.1, 0.15) is 73.4 Å². The Kier molecular flexibility index (Phi) is 12.4. The molecular weight excluding hydrogens is 562 g/mol. The number of thioether (sulfide) groups is 1. The lowest BCUT2D eigenvalue weighted by Crippen LogP contribution is -2.72. The smallest absolute Gasteiger partial charge is 0.408 e. The maximum Gasteiger partial charge on any atom is 0.408 e. The number of carbonyl (C=O) groups excluding carboxylic acids is 5. The highest BCUT2D eigenvalue weighted by Crippen LogP contribution is 2.29. The molecule has 11 nitrogen and oxygen atoms in total. The van der Waals surface area contributed by atoms with Gasteiger partial charge in [0.05, 0.1) is 19.1 Å². The molecule has 2 N–H and O–H groups in total. The summed E-state index contributed by atoms with van der Waals surface area (Å²) >= 11 is 1.36. The van der Waals surface area contributed by atoms with Crippen molar-refractivity contribution in [1.82, 2.24) is 15.5 Å². The van der Waals surface area contributed by atoms with Crippen molar-refractivity contribution in [1.29, 1.82) is 0 Å². The zero-order valence-corrected chi connectivity index (χ0v) is 26.5. The van der Waals surface area contributed by atoms with E-state index in [1.165, 1.54) is 16.7 Å². The first-order chi connectivity index (χ1) is 19.5. The van der Waals surface area contributed by atoms with Crippen LogP contribution in [0.2, 0.25) is 0 Å². The molecule has 0 spiro atoms. The van der Waals surface area contributed by atoms with Gasteiger partial charge < -0.3 is 29.7 Å². The largest absolute Gasteiger partial charge is 0.466 e. The first-order valence-electron chi connectivity index (χ1n) is 13.8. The average molecular weight is 606 g/mol. The van der Waals surface area contributed by atoms with Gasteiger partial charge in [0.25, 0.3) is 0 Å². The SMILES string of the molecule is CCOC(=O)CCSC=C(C)C1C(NC(=O)C(NC(=O)OC(C)(C)C)c2ccccc2)C(=O)N1CC(=O)OC(C)(C)C. The van der Waals surface area contributed by atoms with Crippen LogP contribution in [0.4, 0.5) is 4.79 Å². The third kappa shape index (κ3) is 11.0. The van der Waals surface area contributed by atoms with E-state index in [1.807, 2.05) is 0 Å². The van der Waals surface area contributed by atoms with Gasteiger partial charge in [-0.25, -0.2) is 4.79 Å². The predicted molar refractivity (Wildman–Crippen MR) is 159 cm³/mol. The van der Waals surface area contributed by atoms with Crippen molar-refractivity contribution in [3.63, 3.8) is 0 Å². The molecule has 3 amide bonds. The molecule has 1 saturated heterocycles. The van der Waals surface area contributed by atoms with E-state index in [4.69, 9.17) is 14.2 Å². The Morgan fingerprint density at radius 1 is 1.00 bits per heavy atom. The number of esters is 2. The highest BCUT2D eigenvalue weighted by molar-refractivity contribution is 8.02. The number of ether oxygens (including phenoxy) is 3. The number of nitrogens with one attached hydrogen (secondary N) is 2. The molecule has 3 atom stereocenters. The second-order valence-electron chi connectivity index (χ2n) is 11.8. The van der Waals surface area contributed by atoms with Crippen LogP contribution >= 0.6 is 11.8 Å². The average Bonchev–Trinajstić information content (AvgIpc) is 2.87. The number of alkyl carbamates (subject to hydrolysis) is 1. The van der Waals surface area contributed by atoms with Gasteiger partial charge in [-0.1, -0.05) is 30.3 Å². The van der Waals surface area contributed by atoms with Crippen molar-refractivity contribution in [2.75, 3.05) is 18.9 Å². The quantitative estimate of drug-likeness (QED) is 0.157. The summed E-state index contributed by atoms with van der Waals surface area (Å²) in [5, 5.41) is 7.16. The van der Waals surface area contributed by atoms with Crippen LogP contribution in [-0.4, -0.2) is 76.9 Å². The van der Waals surface area contributed by atoms with E-state index < -0.39 is 53.2 Å². The topological polar surface area (TPSA) is 140 Å². The maximum atomic E-state index is 13.6. The molecule has 1 aromatic carbocycles. The molecule has 1 aliphatic rings. The minimum atomic E-state index is -1.14. The Morgan fingerprint density at radius 3 is 2.19 bits per heavy atom. The van der Waals surface area contributed by atoms with Crippen LogP contribution < -0.4 is 10.6 Å². The highest BCUT2D eigenvalue weighted by Gasteiger charge is 2.50. The monoisotopic (exact) mass is 605 g/mol. The summed E-state index contributed by atoms with van der Waals surface area (Å²) in [6.07, 6.45) is -0.577. The second-order valence-corrected chi connectivity index (χ2v) is 12.7. The zero-order chi connectivity index (χ0) is 31.7. The Hall–Kier alpha value is -3.54. The van der Waals surface area contributed by atoms with Gasteiger partial charge in [-0.3, -0.25) is 19.2 Å². The number of likely N-dealkylation sites (tertiary alicyclic amines) is 1. The van der Waals surface area contributed by atoms with E-state index in [2.05, 4.69) is 10.6 Å². The van der Waals surface area contributed by atoms with Crippen molar-refractivity contribution in [3.05, 3.63) is 46.9 Å². The van der Waals surface area contributed by atoms with Gasteiger partial charge in [-0.15, -0.1) is 11.8 Å². The van der Waals surface area contributed by atoms with Crippen molar-refractivity contribution in [3.8, 4) is 0 Å².